The lowest BCUT2D eigenvalue weighted by Gasteiger charge is -2.33. The molecule has 0 aliphatic carbocycles. The van der Waals surface area contributed by atoms with Gasteiger partial charge in [-0.25, -0.2) is 4.98 Å². The molecular formula is C20H23N3O. The number of ether oxygens (including phenoxy) is 1. The topological polar surface area (TPSA) is 57.9 Å². The lowest BCUT2D eigenvalue weighted by molar-refractivity contribution is -0.0406. The van der Waals surface area contributed by atoms with Crippen LogP contribution in [0.2, 0.25) is 0 Å². The second-order valence-corrected chi connectivity index (χ2v) is 6.77. The van der Waals surface area contributed by atoms with Crippen LogP contribution in [0.4, 0.5) is 5.82 Å². The van der Waals surface area contributed by atoms with Crippen LogP contribution < -0.4 is 5.32 Å². The van der Waals surface area contributed by atoms with Gasteiger partial charge in [0.1, 0.15) is 11.9 Å². The summed E-state index contributed by atoms with van der Waals surface area (Å²) in [4.78, 5) is 4.72. The first-order chi connectivity index (χ1) is 11.5. The molecular weight excluding hydrogens is 298 g/mol. The number of hydrogen-bond acceptors (Lipinski definition) is 4. The average Bonchev–Trinajstić information content (AvgIpc) is 2.58. The summed E-state index contributed by atoms with van der Waals surface area (Å²) < 4.78 is 5.93. The Labute approximate surface area is 143 Å². The minimum atomic E-state index is -0.248. The molecule has 1 N–H and O–H groups in total. The fraction of sp³-hybridized carbons (Fsp3) is 0.400. The van der Waals surface area contributed by atoms with Gasteiger partial charge in [0.2, 0.25) is 0 Å². The number of nitrogens with zero attached hydrogens (tertiary/aromatic N) is 2. The van der Waals surface area contributed by atoms with Gasteiger partial charge in [0.25, 0.3) is 0 Å². The molecule has 4 heteroatoms. The van der Waals surface area contributed by atoms with E-state index in [4.69, 9.17) is 9.72 Å². The van der Waals surface area contributed by atoms with Gasteiger partial charge in [-0.15, -0.1) is 0 Å². The molecule has 1 aromatic carbocycles. The van der Waals surface area contributed by atoms with E-state index in [0.717, 1.165) is 29.7 Å². The SMILES string of the molecule is CCc1nc(NCc2ccccc2)c(C#N)c2c1COC(C)(C)C2. The van der Waals surface area contributed by atoms with Crippen molar-refractivity contribution >= 4 is 5.82 Å². The van der Waals surface area contributed by atoms with Gasteiger partial charge in [0, 0.05) is 24.2 Å². The van der Waals surface area contributed by atoms with Crippen molar-refractivity contribution in [1.29, 1.82) is 5.26 Å². The number of anilines is 1. The number of hydrogen-bond donors (Lipinski definition) is 1. The highest BCUT2D eigenvalue weighted by molar-refractivity contribution is 5.60. The van der Waals surface area contributed by atoms with Gasteiger partial charge in [0.05, 0.1) is 17.8 Å². The molecule has 0 saturated heterocycles. The predicted molar refractivity (Wildman–Crippen MR) is 94.7 cm³/mol. The van der Waals surface area contributed by atoms with Crippen LogP contribution in [0.15, 0.2) is 30.3 Å². The van der Waals surface area contributed by atoms with Crippen LogP contribution in [0.1, 0.15) is 48.7 Å². The molecule has 0 saturated carbocycles. The van der Waals surface area contributed by atoms with Crippen molar-refractivity contribution in [2.45, 2.75) is 52.4 Å². The zero-order valence-corrected chi connectivity index (χ0v) is 14.5. The Balaban J connectivity index is 1.99. The van der Waals surface area contributed by atoms with Gasteiger partial charge < -0.3 is 10.1 Å². The van der Waals surface area contributed by atoms with E-state index in [2.05, 4.69) is 44.3 Å². The molecule has 0 spiro atoms. The highest BCUT2D eigenvalue weighted by Gasteiger charge is 2.31. The number of aromatic nitrogens is 1. The molecule has 0 fully saturated rings. The minimum absolute atomic E-state index is 0.248. The summed E-state index contributed by atoms with van der Waals surface area (Å²) in [5.74, 6) is 0.689. The van der Waals surface area contributed by atoms with E-state index in [1.165, 1.54) is 5.56 Å². The molecule has 2 heterocycles. The first-order valence-electron chi connectivity index (χ1n) is 8.40. The molecule has 0 radical (unpaired) electrons. The standard InChI is InChI=1S/C20H23N3O/c1-4-18-17-13-24-20(2,3)10-15(17)16(11-21)19(23-18)22-12-14-8-6-5-7-9-14/h5-9H,4,10,12-13H2,1-3H3,(H,22,23). The van der Waals surface area contributed by atoms with Gasteiger partial charge in [0.15, 0.2) is 0 Å². The third-order valence-electron chi connectivity index (χ3n) is 4.46. The third-order valence-corrected chi connectivity index (χ3v) is 4.46. The fourth-order valence-corrected chi connectivity index (χ4v) is 3.16. The summed E-state index contributed by atoms with van der Waals surface area (Å²) in [6.45, 7) is 7.42. The molecule has 2 aromatic rings. The number of nitrogens with one attached hydrogen (secondary N) is 1. The van der Waals surface area contributed by atoms with Crippen molar-refractivity contribution in [2.24, 2.45) is 0 Å². The number of pyridine rings is 1. The molecule has 4 nitrogen and oxygen atoms in total. The monoisotopic (exact) mass is 321 g/mol. The smallest absolute Gasteiger partial charge is 0.144 e. The lowest BCUT2D eigenvalue weighted by atomic mass is 9.87. The first kappa shape index (κ1) is 16.5. The summed E-state index contributed by atoms with van der Waals surface area (Å²) in [5, 5.41) is 13.1. The lowest BCUT2D eigenvalue weighted by Crippen LogP contribution is -2.33. The van der Waals surface area contributed by atoms with Gasteiger partial charge in [-0.2, -0.15) is 5.26 Å². The van der Waals surface area contributed by atoms with Crippen molar-refractivity contribution in [1.82, 2.24) is 4.98 Å². The summed E-state index contributed by atoms with van der Waals surface area (Å²) in [5.41, 5.74) is 4.80. The summed E-state index contributed by atoms with van der Waals surface area (Å²) in [6.07, 6.45) is 1.57. The van der Waals surface area contributed by atoms with E-state index < -0.39 is 0 Å². The van der Waals surface area contributed by atoms with Crippen LogP contribution in [-0.2, 0) is 30.7 Å². The number of benzene rings is 1. The first-order valence-corrected chi connectivity index (χ1v) is 8.40. The normalized spacial score (nSPS) is 15.4. The Morgan fingerprint density at radius 2 is 2.00 bits per heavy atom. The molecule has 1 aliphatic rings. The number of nitriles is 1. The van der Waals surface area contributed by atoms with Crippen LogP contribution in [0, 0.1) is 11.3 Å². The average molecular weight is 321 g/mol. The van der Waals surface area contributed by atoms with Crippen molar-refractivity contribution in [3.8, 4) is 6.07 Å². The molecule has 0 unspecified atom stereocenters. The predicted octanol–water partition coefficient (Wildman–Crippen LogP) is 3.98. The molecule has 0 amide bonds. The van der Waals surface area contributed by atoms with Crippen molar-refractivity contribution in [3.63, 3.8) is 0 Å². The van der Waals surface area contributed by atoms with Crippen LogP contribution in [0.5, 0.6) is 0 Å². The Morgan fingerprint density at radius 3 is 2.67 bits per heavy atom. The minimum Gasteiger partial charge on any atom is -0.370 e. The molecule has 0 bridgehead atoms. The zero-order valence-electron chi connectivity index (χ0n) is 14.5. The Hall–Kier alpha value is -2.38. The molecule has 24 heavy (non-hydrogen) atoms. The number of rotatable bonds is 4. The van der Waals surface area contributed by atoms with E-state index in [1.807, 2.05) is 18.2 Å². The summed E-state index contributed by atoms with van der Waals surface area (Å²) in [7, 11) is 0. The molecule has 1 aliphatic heterocycles. The largest absolute Gasteiger partial charge is 0.370 e. The maximum atomic E-state index is 9.73. The van der Waals surface area contributed by atoms with Crippen LogP contribution in [0.3, 0.4) is 0 Å². The summed E-state index contributed by atoms with van der Waals surface area (Å²) >= 11 is 0. The van der Waals surface area contributed by atoms with E-state index in [0.29, 0.717) is 24.5 Å². The van der Waals surface area contributed by atoms with E-state index >= 15 is 0 Å². The van der Waals surface area contributed by atoms with Crippen LogP contribution in [0.25, 0.3) is 0 Å². The van der Waals surface area contributed by atoms with Gasteiger partial charge in [-0.3, -0.25) is 0 Å². The van der Waals surface area contributed by atoms with Crippen LogP contribution >= 0.6 is 0 Å². The third kappa shape index (κ3) is 3.27. The fourth-order valence-electron chi connectivity index (χ4n) is 3.16. The maximum Gasteiger partial charge on any atom is 0.144 e. The molecule has 124 valence electrons. The number of aryl methyl sites for hydroxylation is 1. The van der Waals surface area contributed by atoms with Gasteiger partial charge in [-0.1, -0.05) is 37.3 Å². The molecule has 1 aromatic heterocycles. The second-order valence-electron chi connectivity index (χ2n) is 6.77. The van der Waals surface area contributed by atoms with Gasteiger partial charge >= 0.3 is 0 Å². The second kappa shape index (κ2) is 6.62. The van der Waals surface area contributed by atoms with Crippen LogP contribution in [-0.4, -0.2) is 10.6 Å². The van der Waals surface area contributed by atoms with Crippen molar-refractivity contribution in [3.05, 3.63) is 58.3 Å². The highest BCUT2D eigenvalue weighted by Crippen LogP contribution is 2.34. The summed E-state index contributed by atoms with van der Waals surface area (Å²) in [6, 6.07) is 12.5. The van der Waals surface area contributed by atoms with E-state index in [-0.39, 0.29) is 5.60 Å². The van der Waals surface area contributed by atoms with Gasteiger partial charge in [-0.05, 0) is 31.4 Å². The Bertz CT molecular complexity index is 776. The Morgan fingerprint density at radius 1 is 1.25 bits per heavy atom. The van der Waals surface area contributed by atoms with E-state index in [1.54, 1.807) is 0 Å². The Kier molecular flexibility index (Phi) is 4.55. The molecule has 0 atom stereocenters. The molecule has 3 rings (SSSR count). The van der Waals surface area contributed by atoms with Crippen molar-refractivity contribution < 1.29 is 4.74 Å². The quantitative estimate of drug-likeness (QED) is 0.925. The highest BCUT2D eigenvalue weighted by atomic mass is 16.5. The van der Waals surface area contributed by atoms with Crippen molar-refractivity contribution in [2.75, 3.05) is 5.32 Å². The van der Waals surface area contributed by atoms with E-state index in [9.17, 15) is 5.26 Å². The maximum absolute atomic E-state index is 9.73. The number of fused-ring (bicyclic) bond motifs is 1. The zero-order chi connectivity index (χ0) is 17.2.